The van der Waals surface area contributed by atoms with Gasteiger partial charge in [-0.15, -0.1) is 0 Å². The Bertz CT molecular complexity index is 411. The van der Waals surface area contributed by atoms with Crippen molar-refractivity contribution in [3.63, 3.8) is 0 Å². The molecule has 1 aromatic rings. The Morgan fingerprint density at radius 2 is 2.21 bits per heavy atom. The number of benzene rings is 1. The molecule has 0 fully saturated rings. The van der Waals surface area contributed by atoms with Crippen molar-refractivity contribution >= 4 is 45.8 Å². The number of amides is 1. The molecule has 5 heteroatoms. The van der Waals surface area contributed by atoms with Crippen LogP contribution >= 0.6 is 34.2 Å². The van der Waals surface area contributed by atoms with Gasteiger partial charge in [-0.25, -0.2) is 5.43 Å². The van der Waals surface area contributed by atoms with E-state index in [9.17, 15) is 4.79 Å². The summed E-state index contributed by atoms with van der Waals surface area (Å²) in [5.74, 6) is -0.0741. The first-order chi connectivity index (χ1) is 6.65. The zero-order valence-electron chi connectivity index (χ0n) is 7.05. The van der Waals surface area contributed by atoms with Crippen molar-refractivity contribution in [1.29, 1.82) is 0 Å². The molecule has 0 saturated heterocycles. The third kappa shape index (κ3) is 2.06. The van der Waals surface area contributed by atoms with Gasteiger partial charge in [-0.1, -0.05) is 11.6 Å². The number of nitrogens with zero attached hydrogens (tertiary/aromatic N) is 1. The number of halogens is 2. The number of nitrogens with one attached hydrogen (secondary N) is 1. The molecule has 14 heavy (non-hydrogen) atoms. The summed E-state index contributed by atoms with van der Waals surface area (Å²) in [6.07, 6.45) is 0.330. The summed E-state index contributed by atoms with van der Waals surface area (Å²) in [7, 11) is 0. The third-order valence-corrected chi connectivity index (χ3v) is 2.68. The average molecular weight is 321 g/mol. The topological polar surface area (TPSA) is 41.5 Å². The van der Waals surface area contributed by atoms with Gasteiger partial charge in [0.1, 0.15) is 0 Å². The van der Waals surface area contributed by atoms with E-state index >= 15 is 0 Å². The summed E-state index contributed by atoms with van der Waals surface area (Å²) in [5, 5.41) is 4.59. The fourth-order valence-electron chi connectivity index (χ4n) is 1.25. The van der Waals surface area contributed by atoms with Gasteiger partial charge in [-0.2, -0.15) is 5.10 Å². The van der Waals surface area contributed by atoms with Crippen molar-refractivity contribution in [2.75, 3.05) is 0 Å². The SMILES string of the molecule is O=C1CC(c2cc(Cl)cc(I)c2)=NN1. The van der Waals surface area contributed by atoms with Gasteiger partial charge in [0.05, 0.1) is 12.1 Å². The lowest BCUT2D eigenvalue weighted by Crippen LogP contribution is -2.09. The zero-order chi connectivity index (χ0) is 10.1. The molecule has 3 nitrogen and oxygen atoms in total. The Morgan fingerprint density at radius 3 is 2.79 bits per heavy atom. The number of hydrogen-bond donors (Lipinski definition) is 1. The Balaban J connectivity index is 2.37. The molecule has 0 atom stereocenters. The van der Waals surface area contributed by atoms with Crippen molar-refractivity contribution in [3.8, 4) is 0 Å². The van der Waals surface area contributed by atoms with E-state index in [-0.39, 0.29) is 5.91 Å². The molecule has 1 aliphatic rings. The molecule has 0 aliphatic carbocycles. The summed E-state index contributed by atoms with van der Waals surface area (Å²) in [4.78, 5) is 10.9. The summed E-state index contributed by atoms with van der Waals surface area (Å²) in [6, 6.07) is 5.62. The number of carbonyl (C=O) groups is 1. The van der Waals surface area contributed by atoms with Crippen LogP contribution in [-0.2, 0) is 4.79 Å². The van der Waals surface area contributed by atoms with E-state index in [0.29, 0.717) is 11.4 Å². The van der Waals surface area contributed by atoms with E-state index in [1.807, 2.05) is 18.2 Å². The molecular weight excluding hydrogens is 314 g/mol. The average Bonchev–Trinajstić information content (AvgIpc) is 2.50. The van der Waals surface area contributed by atoms with Gasteiger partial charge >= 0.3 is 0 Å². The second-order valence-corrected chi connectivity index (χ2v) is 4.61. The lowest BCUT2D eigenvalue weighted by atomic mass is 10.1. The second-order valence-electron chi connectivity index (χ2n) is 2.93. The summed E-state index contributed by atoms with van der Waals surface area (Å²) in [5.41, 5.74) is 4.06. The molecule has 1 heterocycles. The van der Waals surface area contributed by atoms with Crippen LogP contribution in [0.5, 0.6) is 0 Å². The lowest BCUT2D eigenvalue weighted by molar-refractivity contribution is -0.119. The van der Waals surface area contributed by atoms with Crippen molar-refractivity contribution in [1.82, 2.24) is 5.43 Å². The maximum atomic E-state index is 10.9. The fourth-order valence-corrected chi connectivity index (χ4v) is 2.34. The Morgan fingerprint density at radius 1 is 1.43 bits per heavy atom. The first-order valence-electron chi connectivity index (χ1n) is 3.97. The van der Waals surface area contributed by atoms with Crippen molar-refractivity contribution < 1.29 is 4.79 Å². The molecule has 0 unspecified atom stereocenters. The molecule has 2 rings (SSSR count). The molecule has 1 aromatic carbocycles. The first-order valence-corrected chi connectivity index (χ1v) is 5.43. The van der Waals surface area contributed by atoms with Crippen LogP contribution in [0, 0.1) is 3.57 Å². The quantitative estimate of drug-likeness (QED) is 0.792. The number of hydrazone groups is 1. The van der Waals surface area contributed by atoms with Crippen LogP contribution in [0.3, 0.4) is 0 Å². The predicted octanol–water partition coefficient (Wildman–Crippen LogP) is 2.17. The number of hydrogen-bond acceptors (Lipinski definition) is 2. The molecular formula is C9H6ClIN2O. The van der Waals surface area contributed by atoms with Gasteiger partial charge < -0.3 is 0 Å². The molecule has 0 radical (unpaired) electrons. The second kappa shape index (κ2) is 3.86. The van der Waals surface area contributed by atoms with Gasteiger partial charge in [0.25, 0.3) is 0 Å². The van der Waals surface area contributed by atoms with E-state index in [0.717, 1.165) is 14.8 Å². The minimum atomic E-state index is -0.0741. The smallest absolute Gasteiger partial charge is 0.246 e. The highest BCUT2D eigenvalue weighted by molar-refractivity contribution is 14.1. The largest absolute Gasteiger partial charge is 0.273 e. The van der Waals surface area contributed by atoms with Crippen LogP contribution in [0.15, 0.2) is 23.3 Å². The van der Waals surface area contributed by atoms with Crippen LogP contribution in [-0.4, -0.2) is 11.6 Å². The van der Waals surface area contributed by atoms with E-state index in [1.54, 1.807) is 0 Å². The molecule has 1 amide bonds. The normalized spacial score (nSPS) is 15.3. The van der Waals surface area contributed by atoms with Crippen molar-refractivity contribution in [3.05, 3.63) is 32.4 Å². The van der Waals surface area contributed by atoms with E-state index in [4.69, 9.17) is 11.6 Å². The van der Waals surface area contributed by atoms with Crippen LogP contribution in [0.2, 0.25) is 5.02 Å². The van der Waals surface area contributed by atoms with E-state index in [2.05, 4.69) is 33.1 Å². The molecule has 0 bridgehead atoms. The highest BCUT2D eigenvalue weighted by Gasteiger charge is 2.16. The highest BCUT2D eigenvalue weighted by Crippen LogP contribution is 2.19. The molecule has 1 N–H and O–H groups in total. The van der Waals surface area contributed by atoms with Gasteiger partial charge in [0, 0.05) is 14.2 Å². The Hall–Kier alpha value is -0.620. The standard InChI is InChI=1S/C9H6ClIN2O/c10-6-1-5(2-7(11)3-6)8-4-9(14)13-12-8/h1-3H,4H2,(H,13,14). The van der Waals surface area contributed by atoms with Gasteiger partial charge in [-0.3, -0.25) is 4.79 Å². The minimum absolute atomic E-state index is 0.0741. The molecule has 0 aromatic heterocycles. The van der Waals surface area contributed by atoms with Gasteiger partial charge in [-0.05, 0) is 40.8 Å². The monoisotopic (exact) mass is 320 g/mol. The van der Waals surface area contributed by atoms with Crippen LogP contribution in [0.1, 0.15) is 12.0 Å². The summed E-state index contributed by atoms with van der Waals surface area (Å²) >= 11 is 8.08. The number of rotatable bonds is 1. The minimum Gasteiger partial charge on any atom is -0.273 e. The highest BCUT2D eigenvalue weighted by atomic mass is 127. The Kier molecular flexibility index (Phi) is 2.73. The fraction of sp³-hybridized carbons (Fsp3) is 0.111. The molecule has 0 saturated carbocycles. The summed E-state index contributed by atoms with van der Waals surface area (Å²) in [6.45, 7) is 0. The third-order valence-electron chi connectivity index (χ3n) is 1.84. The zero-order valence-corrected chi connectivity index (χ0v) is 9.96. The lowest BCUT2D eigenvalue weighted by Gasteiger charge is -2.00. The maximum Gasteiger partial charge on any atom is 0.246 e. The van der Waals surface area contributed by atoms with E-state index in [1.165, 1.54) is 0 Å². The van der Waals surface area contributed by atoms with E-state index < -0.39 is 0 Å². The van der Waals surface area contributed by atoms with Crippen LogP contribution < -0.4 is 5.43 Å². The van der Waals surface area contributed by atoms with Crippen molar-refractivity contribution in [2.45, 2.75) is 6.42 Å². The first kappa shape index (κ1) is 9.92. The van der Waals surface area contributed by atoms with Crippen LogP contribution in [0.25, 0.3) is 0 Å². The predicted molar refractivity (Wildman–Crippen MR) is 63.5 cm³/mol. The van der Waals surface area contributed by atoms with Gasteiger partial charge in [0.15, 0.2) is 0 Å². The number of carbonyl (C=O) groups excluding carboxylic acids is 1. The molecule has 1 aliphatic heterocycles. The van der Waals surface area contributed by atoms with Crippen molar-refractivity contribution in [2.24, 2.45) is 5.10 Å². The summed E-state index contributed by atoms with van der Waals surface area (Å²) < 4.78 is 1.03. The maximum absolute atomic E-state index is 10.9. The van der Waals surface area contributed by atoms with Crippen LogP contribution in [0.4, 0.5) is 0 Å². The van der Waals surface area contributed by atoms with Gasteiger partial charge in [0.2, 0.25) is 5.91 Å². The Labute approximate surface area is 99.7 Å². The molecule has 72 valence electrons. The molecule has 0 spiro atoms.